The quantitative estimate of drug-likeness (QED) is 0.271. The first-order valence-electron chi connectivity index (χ1n) is 9.84. The molecule has 2 aromatic heterocycles. The molecular weight excluding hydrogens is 466 g/mol. The summed E-state index contributed by atoms with van der Waals surface area (Å²) in [4.78, 5) is 4.49. The van der Waals surface area contributed by atoms with Crippen molar-refractivity contribution < 1.29 is 18.3 Å². The van der Waals surface area contributed by atoms with Gasteiger partial charge in [0, 0.05) is 29.4 Å². The minimum absolute atomic E-state index is 0.405. The standard InChI is InChI=1S/C23H20F2N4O2S2/c1-30-18-6-4-17(5-7-18)29-21(16-9-11-26-12-10-16)27-28-23(29)32-14-15-3-8-20(33-22(24)25)19(13-15)31-2/h3-13,22H,14H2,1-2H3. The fourth-order valence-corrected chi connectivity index (χ4v) is 4.65. The topological polar surface area (TPSA) is 62.1 Å². The van der Waals surface area contributed by atoms with Crippen molar-refractivity contribution in [3.63, 3.8) is 0 Å². The number of ether oxygens (including phenoxy) is 2. The molecule has 0 saturated carbocycles. The summed E-state index contributed by atoms with van der Waals surface area (Å²) >= 11 is 1.96. The number of methoxy groups -OCH3 is 2. The number of pyridine rings is 1. The van der Waals surface area contributed by atoms with E-state index in [4.69, 9.17) is 9.47 Å². The number of thioether (sulfide) groups is 2. The van der Waals surface area contributed by atoms with Crippen molar-refractivity contribution in [2.45, 2.75) is 21.6 Å². The number of aromatic nitrogens is 4. The summed E-state index contributed by atoms with van der Waals surface area (Å²) in [7, 11) is 3.10. The number of rotatable bonds is 9. The maximum atomic E-state index is 12.8. The van der Waals surface area contributed by atoms with Gasteiger partial charge in [0.2, 0.25) is 0 Å². The number of nitrogens with zero attached hydrogens (tertiary/aromatic N) is 4. The van der Waals surface area contributed by atoms with Gasteiger partial charge < -0.3 is 9.47 Å². The lowest BCUT2D eigenvalue weighted by molar-refractivity contribution is 0.251. The van der Waals surface area contributed by atoms with Crippen LogP contribution in [0.1, 0.15) is 5.56 Å². The molecule has 0 atom stereocenters. The van der Waals surface area contributed by atoms with E-state index in [2.05, 4.69) is 15.2 Å². The van der Waals surface area contributed by atoms with Crippen LogP contribution in [0.3, 0.4) is 0 Å². The molecule has 0 radical (unpaired) electrons. The van der Waals surface area contributed by atoms with Crippen molar-refractivity contribution in [1.82, 2.24) is 19.7 Å². The largest absolute Gasteiger partial charge is 0.497 e. The average molecular weight is 487 g/mol. The van der Waals surface area contributed by atoms with Crippen LogP contribution >= 0.6 is 23.5 Å². The first kappa shape index (κ1) is 23.1. The van der Waals surface area contributed by atoms with E-state index < -0.39 is 5.76 Å². The molecule has 2 heterocycles. The molecule has 4 rings (SSSR count). The van der Waals surface area contributed by atoms with Crippen molar-refractivity contribution in [2.24, 2.45) is 0 Å². The molecule has 0 amide bonds. The highest BCUT2D eigenvalue weighted by Crippen LogP contribution is 2.36. The summed E-state index contributed by atoms with van der Waals surface area (Å²) in [5.41, 5.74) is 2.69. The zero-order valence-corrected chi connectivity index (χ0v) is 19.4. The van der Waals surface area contributed by atoms with E-state index in [0.29, 0.717) is 39.1 Å². The van der Waals surface area contributed by atoms with Crippen LogP contribution in [0.5, 0.6) is 11.5 Å². The highest BCUT2D eigenvalue weighted by molar-refractivity contribution is 7.99. The maximum Gasteiger partial charge on any atom is 0.289 e. The molecule has 6 nitrogen and oxygen atoms in total. The molecule has 10 heteroatoms. The lowest BCUT2D eigenvalue weighted by Gasteiger charge is -2.12. The third-order valence-electron chi connectivity index (χ3n) is 4.71. The molecule has 0 N–H and O–H groups in total. The van der Waals surface area contributed by atoms with Gasteiger partial charge in [0.1, 0.15) is 11.5 Å². The average Bonchev–Trinajstić information content (AvgIpc) is 3.27. The van der Waals surface area contributed by atoms with Crippen LogP contribution in [-0.4, -0.2) is 39.7 Å². The van der Waals surface area contributed by atoms with E-state index in [9.17, 15) is 8.78 Å². The summed E-state index contributed by atoms with van der Waals surface area (Å²) in [6.45, 7) is 0. The third kappa shape index (κ3) is 5.45. The smallest absolute Gasteiger partial charge is 0.289 e. The first-order chi connectivity index (χ1) is 16.1. The Morgan fingerprint density at radius 3 is 2.36 bits per heavy atom. The molecule has 0 spiro atoms. The Morgan fingerprint density at radius 2 is 1.70 bits per heavy atom. The highest BCUT2D eigenvalue weighted by Gasteiger charge is 2.17. The van der Waals surface area contributed by atoms with Gasteiger partial charge in [-0.05, 0) is 54.1 Å². The van der Waals surface area contributed by atoms with Gasteiger partial charge in [-0.15, -0.1) is 10.2 Å². The van der Waals surface area contributed by atoms with Gasteiger partial charge in [-0.1, -0.05) is 29.6 Å². The lowest BCUT2D eigenvalue weighted by atomic mass is 10.2. The van der Waals surface area contributed by atoms with Crippen LogP contribution in [-0.2, 0) is 5.75 Å². The molecule has 0 aliphatic heterocycles. The van der Waals surface area contributed by atoms with Crippen molar-refractivity contribution in [2.75, 3.05) is 14.2 Å². The van der Waals surface area contributed by atoms with Crippen LogP contribution in [0.15, 0.2) is 77.0 Å². The summed E-state index contributed by atoms with van der Waals surface area (Å²) in [5, 5.41) is 9.53. The van der Waals surface area contributed by atoms with Gasteiger partial charge in [-0.3, -0.25) is 9.55 Å². The SMILES string of the molecule is COc1ccc(-n2c(SCc3ccc(SC(F)F)c(OC)c3)nnc2-c2ccncc2)cc1. The van der Waals surface area contributed by atoms with Gasteiger partial charge in [0.15, 0.2) is 11.0 Å². The monoisotopic (exact) mass is 486 g/mol. The Labute approximate surface area is 198 Å². The highest BCUT2D eigenvalue weighted by atomic mass is 32.2. The van der Waals surface area contributed by atoms with Crippen LogP contribution in [0, 0.1) is 0 Å². The van der Waals surface area contributed by atoms with Gasteiger partial charge in [-0.2, -0.15) is 8.78 Å². The van der Waals surface area contributed by atoms with Gasteiger partial charge in [0.05, 0.1) is 19.1 Å². The van der Waals surface area contributed by atoms with Gasteiger partial charge in [-0.25, -0.2) is 0 Å². The maximum absolute atomic E-state index is 12.8. The molecule has 0 aliphatic carbocycles. The summed E-state index contributed by atoms with van der Waals surface area (Å²) in [5.74, 6) is -0.0893. The van der Waals surface area contributed by atoms with Gasteiger partial charge >= 0.3 is 0 Å². The van der Waals surface area contributed by atoms with E-state index in [-0.39, 0.29) is 0 Å². The molecule has 4 aromatic rings. The molecule has 0 saturated heterocycles. The van der Waals surface area contributed by atoms with Crippen molar-refractivity contribution in [3.8, 4) is 28.6 Å². The first-order valence-corrected chi connectivity index (χ1v) is 11.7. The Kier molecular flexibility index (Phi) is 7.46. The predicted molar refractivity (Wildman–Crippen MR) is 126 cm³/mol. The zero-order valence-electron chi connectivity index (χ0n) is 17.8. The lowest BCUT2D eigenvalue weighted by Crippen LogP contribution is -2.00. The van der Waals surface area contributed by atoms with Crippen LogP contribution < -0.4 is 9.47 Å². The van der Waals surface area contributed by atoms with Crippen molar-refractivity contribution >= 4 is 23.5 Å². The molecular formula is C23H20F2N4O2S2. The summed E-state index contributed by atoms with van der Waals surface area (Å²) < 4.78 is 38.1. The number of benzene rings is 2. The second-order valence-corrected chi connectivity index (χ2v) is 8.70. The van der Waals surface area contributed by atoms with Crippen LogP contribution in [0.2, 0.25) is 0 Å². The van der Waals surface area contributed by atoms with E-state index in [0.717, 1.165) is 22.6 Å². The minimum Gasteiger partial charge on any atom is -0.497 e. The molecule has 170 valence electrons. The van der Waals surface area contributed by atoms with E-state index in [1.807, 2.05) is 47.0 Å². The normalized spacial score (nSPS) is 11.1. The fraction of sp³-hybridized carbons (Fsp3) is 0.174. The zero-order chi connectivity index (χ0) is 23.2. The van der Waals surface area contributed by atoms with Crippen molar-refractivity contribution in [1.29, 1.82) is 0 Å². The predicted octanol–water partition coefficient (Wildman–Crippen LogP) is 5.95. The Balaban J connectivity index is 1.64. The molecule has 0 bridgehead atoms. The fourth-order valence-electron chi connectivity index (χ4n) is 3.16. The summed E-state index contributed by atoms with van der Waals surface area (Å²) in [6.07, 6.45) is 3.42. The second kappa shape index (κ2) is 10.7. The molecule has 0 unspecified atom stereocenters. The number of alkyl halides is 2. The number of hydrogen-bond donors (Lipinski definition) is 0. The molecule has 33 heavy (non-hydrogen) atoms. The molecule has 2 aromatic carbocycles. The van der Waals surface area contributed by atoms with Crippen LogP contribution in [0.25, 0.3) is 17.1 Å². The number of hydrogen-bond acceptors (Lipinski definition) is 7. The summed E-state index contributed by atoms with van der Waals surface area (Å²) in [6, 6.07) is 16.6. The molecule has 0 fully saturated rings. The Hall–Kier alpha value is -3.11. The number of halogens is 2. The third-order valence-corrected chi connectivity index (χ3v) is 6.48. The Bertz CT molecular complexity index is 1210. The van der Waals surface area contributed by atoms with Gasteiger partial charge in [0.25, 0.3) is 5.76 Å². The van der Waals surface area contributed by atoms with Crippen LogP contribution in [0.4, 0.5) is 8.78 Å². The van der Waals surface area contributed by atoms with E-state index >= 15 is 0 Å². The second-order valence-electron chi connectivity index (χ2n) is 6.73. The van der Waals surface area contributed by atoms with E-state index in [1.165, 1.54) is 18.9 Å². The Morgan fingerprint density at radius 1 is 0.939 bits per heavy atom. The van der Waals surface area contributed by atoms with Crippen molar-refractivity contribution in [3.05, 3.63) is 72.6 Å². The molecule has 0 aliphatic rings. The van der Waals surface area contributed by atoms with E-state index in [1.54, 1.807) is 31.6 Å². The minimum atomic E-state index is -2.51.